The Labute approximate surface area is 180 Å². The fourth-order valence-corrected chi connectivity index (χ4v) is 3.58. The van der Waals surface area contributed by atoms with Crippen LogP contribution in [-0.2, 0) is 6.61 Å². The van der Waals surface area contributed by atoms with Crippen LogP contribution in [0.5, 0.6) is 5.75 Å². The first-order valence-corrected chi connectivity index (χ1v) is 10.2. The molecule has 2 heterocycles. The summed E-state index contributed by atoms with van der Waals surface area (Å²) in [4.78, 5) is 17.4. The molecule has 1 aromatic carbocycles. The second kappa shape index (κ2) is 9.01. The molecular formula is C23H28F2N4O2. The molecule has 166 valence electrons. The zero-order valence-corrected chi connectivity index (χ0v) is 18.3. The molecule has 0 aliphatic carbocycles. The lowest BCUT2D eigenvalue weighted by Gasteiger charge is -2.24. The molecule has 2 aromatic heterocycles. The quantitative estimate of drug-likeness (QED) is 0.565. The van der Waals surface area contributed by atoms with Crippen LogP contribution in [0.1, 0.15) is 54.0 Å². The van der Waals surface area contributed by atoms with Gasteiger partial charge in [0.25, 0.3) is 5.91 Å². The van der Waals surface area contributed by atoms with Crippen molar-refractivity contribution in [2.75, 3.05) is 6.54 Å². The molecule has 8 heteroatoms. The maximum atomic E-state index is 14.0. The van der Waals surface area contributed by atoms with Crippen LogP contribution in [0.4, 0.5) is 8.78 Å². The number of carbonyl (C=O) groups is 1. The number of nitrogens with one attached hydrogen (secondary N) is 1. The van der Waals surface area contributed by atoms with Crippen molar-refractivity contribution < 1.29 is 18.3 Å². The van der Waals surface area contributed by atoms with Gasteiger partial charge in [-0.2, -0.15) is 0 Å². The van der Waals surface area contributed by atoms with Gasteiger partial charge in [-0.25, -0.2) is 13.8 Å². The molecule has 6 nitrogen and oxygen atoms in total. The molecule has 0 bridgehead atoms. The summed E-state index contributed by atoms with van der Waals surface area (Å²) in [6.45, 7) is 7.70. The predicted octanol–water partition coefficient (Wildman–Crippen LogP) is 4.06. The van der Waals surface area contributed by atoms with E-state index in [0.717, 1.165) is 24.5 Å². The van der Waals surface area contributed by atoms with E-state index in [1.807, 2.05) is 20.8 Å². The van der Waals surface area contributed by atoms with Crippen LogP contribution in [0, 0.1) is 25.5 Å². The van der Waals surface area contributed by atoms with Crippen LogP contribution in [0.2, 0.25) is 0 Å². The summed E-state index contributed by atoms with van der Waals surface area (Å²) >= 11 is 0. The monoisotopic (exact) mass is 430 g/mol. The molecule has 1 atom stereocenters. The third-order valence-electron chi connectivity index (χ3n) is 5.10. The third kappa shape index (κ3) is 5.02. The van der Waals surface area contributed by atoms with Gasteiger partial charge in [-0.3, -0.25) is 9.20 Å². The summed E-state index contributed by atoms with van der Waals surface area (Å²) in [7, 11) is 0. The van der Waals surface area contributed by atoms with Gasteiger partial charge >= 0.3 is 0 Å². The fourth-order valence-electron chi connectivity index (χ4n) is 3.58. The Morgan fingerprint density at radius 1 is 1.32 bits per heavy atom. The number of rotatable bonds is 8. The highest BCUT2D eigenvalue weighted by molar-refractivity contribution is 5.95. The number of hydrogen-bond acceptors (Lipinski definition) is 4. The predicted molar refractivity (Wildman–Crippen MR) is 115 cm³/mol. The zero-order valence-electron chi connectivity index (χ0n) is 18.3. The Kier molecular flexibility index (Phi) is 6.59. The highest BCUT2D eigenvalue weighted by Gasteiger charge is 2.23. The first kappa shape index (κ1) is 22.7. The van der Waals surface area contributed by atoms with Crippen molar-refractivity contribution in [3.63, 3.8) is 0 Å². The molecule has 1 unspecified atom stereocenters. The smallest absolute Gasteiger partial charge is 0.270 e. The number of benzene rings is 1. The SMILES string of the molecule is CCCC(C)(N)CNC(=O)c1c(C)nc2c(OCc3cccc(F)c3F)cc(C)cn12. The summed E-state index contributed by atoms with van der Waals surface area (Å²) in [6, 6.07) is 5.69. The van der Waals surface area contributed by atoms with E-state index < -0.39 is 17.2 Å². The number of imidazole rings is 1. The van der Waals surface area contributed by atoms with Crippen molar-refractivity contribution in [1.29, 1.82) is 0 Å². The van der Waals surface area contributed by atoms with Crippen LogP contribution in [0.25, 0.3) is 5.65 Å². The largest absolute Gasteiger partial charge is 0.485 e. The maximum Gasteiger partial charge on any atom is 0.270 e. The van der Waals surface area contributed by atoms with Crippen molar-refractivity contribution >= 4 is 11.6 Å². The van der Waals surface area contributed by atoms with Crippen LogP contribution < -0.4 is 15.8 Å². The lowest BCUT2D eigenvalue weighted by atomic mass is 9.98. The molecule has 0 aliphatic rings. The number of ether oxygens (including phenoxy) is 1. The summed E-state index contributed by atoms with van der Waals surface area (Å²) in [5.74, 6) is -1.78. The number of hydrogen-bond donors (Lipinski definition) is 2. The zero-order chi connectivity index (χ0) is 22.8. The Bertz CT molecular complexity index is 1110. The molecule has 0 aliphatic heterocycles. The van der Waals surface area contributed by atoms with Gasteiger partial charge in [0.15, 0.2) is 23.0 Å². The molecule has 0 saturated heterocycles. The molecular weight excluding hydrogens is 402 g/mol. The van der Waals surface area contributed by atoms with Crippen molar-refractivity contribution in [3.05, 3.63) is 64.6 Å². The number of aryl methyl sites for hydroxylation is 2. The van der Waals surface area contributed by atoms with Gasteiger partial charge in [-0.15, -0.1) is 0 Å². The lowest BCUT2D eigenvalue weighted by Crippen LogP contribution is -2.47. The molecule has 3 aromatic rings. The molecule has 1 amide bonds. The molecule has 31 heavy (non-hydrogen) atoms. The van der Waals surface area contributed by atoms with Crippen LogP contribution in [0.3, 0.4) is 0 Å². The van der Waals surface area contributed by atoms with Crippen molar-refractivity contribution in [1.82, 2.24) is 14.7 Å². The van der Waals surface area contributed by atoms with Gasteiger partial charge < -0.3 is 15.8 Å². The molecule has 0 saturated carbocycles. The second-order valence-electron chi connectivity index (χ2n) is 8.21. The highest BCUT2D eigenvalue weighted by Crippen LogP contribution is 2.25. The average molecular weight is 430 g/mol. The van der Waals surface area contributed by atoms with Gasteiger partial charge in [0, 0.05) is 23.8 Å². The Morgan fingerprint density at radius 2 is 2.06 bits per heavy atom. The second-order valence-corrected chi connectivity index (χ2v) is 8.21. The number of nitrogens with zero attached hydrogens (tertiary/aromatic N) is 2. The van der Waals surface area contributed by atoms with E-state index in [0.29, 0.717) is 29.3 Å². The summed E-state index contributed by atoms with van der Waals surface area (Å²) in [6.07, 6.45) is 3.49. The number of pyridine rings is 1. The van der Waals surface area contributed by atoms with Crippen molar-refractivity contribution in [2.24, 2.45) is 5.73 Å². The normalized spacial score (nSPS) is 13.3. The minimum absolute atomic E-state index is 0.0963. The summed E-state index contributed by atoms with van der Waals surface area (Å²) in [5.41, 5.74) is 7.98. The van der Waals surface area contributed by atoms with E-state index in [4.69, 9.17) is 10.5 Å². The molecule has 3 rings (SSSR count). The van der Waals surface area contributed by atoms with Crippen molar-refractivity contribution in [3.8, 4) is 5.75 Å². The highest BCUT2D eigenvalue weighted by atomic mass is 19.2. The lowest BCUT2D eigenvalue weighted by molar-refractivity contribution is 0.0937. The Hall–Kier alpha value is -3.00. The Balaban J connectivity index is 1.89. The Morgan fingerprint density at radius 3 is 2.77 bits per heavy atom. The van der Waals surface area contributed by atoms with Crippen LogP contribution in [-0.4, -0.2) is 27.4 Å². The number of fused-ring (bicyclic) bond motifs is 1. The van der Waals surface area contributed by atoms with E-state index in [1.165, 1.54) is 12.1 Å². The van der Waals surface area contributed by atoms with E-state index >= 15 is 0 Å². The van der Waals surface area contributed by atoms with Crippen LogP contribution in [0.15, 0.2) is 30.5 Å². The number of halogens is 2. The first-order chi connectivity index (χ1) is 14.6. The number of amides is 1. The van der Waals surface area contributed by atoms with E-state index in [9.17, 15) is 13.6 Å². The van der Waals surface area contributed by atoms with Gasteiger partial charge in [0.1, 0.15) is 12.3 Å². The van der Waals surface area contributed by atoms with Crippen LogP contribution >= 0.6 is 0 Å². The standard InChI is InChI=1S/C23H28F2N4O2/c1-5-9-23(4,26)13-27-22(30)20-15(3)28-21-18(10-14(2)11-29(20)21)31-12-16-7-6-8-17(24)19(16)25/h6-8,10-11H,5,9,12-13,26H2,1-4H3,(H,27,30). The topological polar surface area (TPSA) is 81.6 Å². The van der Waals surface area contributed by atoms with Gasteiger partial charge in [-0.1, -0.05) is 25.5 Å². The molecule has 0 radical (unpaired) electrons. The minimum Gasteiger partial charge on any atom is -0.485 e. The minimum atomic E-state index is -0.942. The first-order valence-electron chi connectivity index (χ1n) is 10.2. The maximum absolute atomic E-state index is 14.0. The van der Waals surface area contributed by atoms with Gasteiger partial charge in [0.05, 0.1) is 5.69 Å². The van der Waals surface area contributed by atoms with E-state index in [-0.39, 0.29) is 18.1 Å². The van der Waals surface area contributed by atoms with Gasteiger partial charge in [0.2, 0.25) is 0 Å². The fraction of sp³-hybridized carbons (Fsp3) is 0.391. The summed E-state index contributed by atoms with van der Waals surface area (Å²) in [5, 5.41) is 2.90. The molecule has 0 spiro atoms. The number of carbonyl (C=O) groups excluding carboxylic acids is 1. The molecule has 3 N–H and O–H groups in total. The van der Waals surface area contributed by atoms with Gasteiger partial charge in [-0.05, 0) is 44.9 Å². The number of aromatic nitrogens is 2. The van der Waals surface area contributed by atoms with E-state index in [1.54, 1.807) is 23.6 Å². The van der Waals surface area contributed by atoms with Crippen molar-refractivity contribution in [2.45, 2.75) is 52.7 Å². The summed E-state index contributed by atoms with van der Waals surface area (Å²) < 4.78 is 34.9. The van der Waals surface area contributed by atoms with E-state index in [2.05, 4.69) is 10.3 Å². The third-order valence-corrected chi connectivity index (χ3v) is 5.10. The average Bonchev–Trinajstić information content (AvgIpc) is 3.03. The number of nitrogens with two attached hydrogens (primary N) is 1. The molecule has 0 fully saturated rings.